The van der Waals surface area contributed by atoms with Crippen LogP contribution in [0.1, 0.15) is 64.0 Å². The van der Waals surface area contributed by atoms with Crippen LogP contribution < -0.4 is 11.1 Å². The summed E-state index contributed by atoms with van der Waals surface area (Å²) < 4.78 is 59.2. The highest BCUT2D eigenvalue weighted by atomic mass is 32.2. The van der Waals surface area contributed by atoms with Crippen LogP contribution in [0.25, 0.3) is 11.2 Å². The molecule has 6 rings (SSSR count). The third kappa shape index (κ3) is 8.14. The molecule has 1 amide bonds. The Labute approximate surface area is 295 Å². The number of esters is 2. The molecule has 3 N–H and O–H groups in total. The van der Waals surface area contributed by atoms with Gasteiger partial charge in [-0.2, -0.15) is 0 Å². The van der Waals surface area contributed by atoms with Crippen LogP contribution in [0, 0.1) is 0 Å². The van der Waals surface area contributed by atoms with Gasteiger partial charge in [-0.05, 0) is 59.6 Å². The number of hydrogen-bond donors (Lipinski definition) is 2. The summed E-state index contributed by atoms with van der Waals surface area (Å²) in [6.45, 7) is 9.15. The van der Waals surface area contributed by atoms with Crippen molar-refractivity contribution >= 4 is 44.9 Å². The van der Waals surface area contributed by atoms with Crippen molar-refractivity contribution in [1.82, 2.24) is 29.7 Å². The zero-order valence-electron chi connectivity index (χ0n) is 29.1. The molecule has 0 spiro atoms. The van der Waals surface area contributed by atoms with Crippen molar-refractivity contribution in [2.24, 2.45) is 0 Å². The van der Waals surface area contributed by atoms with E-state index < -0.39 is 80.8 Å². The lowest BCUT2D eigenvalue weighted by Gasteiger charge is -2.37. The fourth-order valence-corrected chi connectivity index (χ4v) is 8.61. The van der Waals surface area contributed by atoms with Crippen LogP contribution >= 0.6 is 0 Å². The molecule has 0 saturated carbocycles. The highest BCUT2D eigenvalue weighted by Gasteiger charge is 2.57. The van der Waals surface area contributed by atoms with Crippen molar-refractivity contribution in [2.75, 3.05) is 31.1 Å². The number of sulfone groups is 1. The Hall–Kier alpha value is -4.23. The van der Waals surface area contributed by atoms with Crippen molar-refractivity contribution in [2.45, 2.75) is 94.7 Å². The molecule has 17 nitrogen and oxygen atoms in total. The number of ether oxygens (including phenoxy) is 5. The van der Waals surface area contributed by atoms with Crippen LogP contribution in [0.15, 0.2) is 43.0 Å². The number of nitrogens with one attached hydrogen (secondary N) is 1. The molecule has 3 fully saturated rings. The molecule has 2 aromatic heterocycles. The first-order chi connectivity index (χ1) is 24.0. The quantitative estimate of drug-likeness (QED) is 0.238. The average Bonchev–Trinajstić information content (AvgIpc) is 3.72. The van der Waals surface area contributed by atoms with Gasteiger partial charge in [0.25, 0.3) is 0 Å². The molecule has 6 atom stereocenters. The van der Waals surface area contributed by atoms with Gasteiger partial charge in [-0.15, -0.1) is 0 Å². The normalized spacial score (nSPS) is 26.5. The van der Waals surface area contributed by atoms with Crippen LogP contribution in [0.2, 0.25) is 0 Å². The van der Waals surface area contributed by atoms with Crippen LogP contribution in [0.3, 0.4) is 0 Å². The van der Waals surface area contributed by atoms with Crippen molar-refractivity contribution in [3.8, 4) is 0 Å². The van der Waals surface area contributed by atoms with Crippen molar-refractivity contribution in [1.29, 1.82) is 0 Å². The Kier molecular flexibility index (Phi) is 10.1. The molecule has 3 unspecified atom stereocenters. The van der Waals surface area contributed by atoms with E-state index >= 15 is 0 Å². The molecule has 0 bridgehead atoms. The average molecular weight is 730 g/mol. The minimum Gasteiger partial charge on any atom is -0.444 e. The van der Waals surface area contributed by atoms with Crippen LogP contribution in [-0.4, -0.2) is 117 Å². The Balaban J connectivity index is 1.19. The lowest BCUT2D eigenvalue weighted by Crippen LogP contribution is -2.54. The monoisotopic (exact) mass is 729 g/mol. The third-order valence-corrected chi connectivity index (χ3v) is 11.1. The number of carbonyl (C=O) groups excluding carboxylic acids is 3. The first kappa shape index (κ1) is 36.6. The highest BCUT2D eigenvalue weighted by Crippen LogP contribution is 2.44. The Morgan fingerprint density at radius 1 is 1.08 bits per heavy atom. The maximum absolute atomic E-state index is 14.2. The van der Waals surface area contributed by atoms with E-state index in [4.69, 9.17) is 29.4 Å². The summed E-state index contributed by atoms with van der Waals surface area (Å²) in [5.74, 6) is -3.01. The molecule has 51 heavy (non-hydrogen) atoms. The number of amides is 1. The topological polar surface area (TPSA) is 216 Å². The predicted octanol–water partition coefficient (Wildman–Crippen LogP) is 1.98. The lowest BCUT2D eigenvalue weighted by molar-refractivity contribution is -0.193. The van der Waals surface area contributed by atoms with E-state index in [0.29, 0.717) is 11.2 Å². The second-order valence-corrected chi connectivity index (χ2v) is 16.6. The Morgan fingerprint density at radius 2 is 1.80 bits per heavy atom. The largest absolute Gasteiger partial charge is 0.444 e. The second kappa shape index (κ2) is 14.1. The fraction of sp³-hybridized carbons (Fsp3) is 0.576. The summed E-state index contributed by atoms with van der Waals surface area (Å²) in [4.78, 5) is 52.9. The number of likely N-dealkylation sites (tertiary alicyclic amines) is 1. The number of piperidine rings is 1. The van der Waals surface area contributed by atoms with Gasteiger partial charge in [-0.25, -0.2) is 37.8 Å². The maximum atomic E-state index is 14.2. The second-order valence-electron chi connectivity index (χ2n) is 14.2. The number of hydrogen-bond acceptors (Lipinski definition) is 15. The molecule has 3 aliphatic heterocycles. The number of carbonyl (C=O) groups is 3. The van der Waals surface area contributed by atoms with Crippen LogP contribution in [0.5, 0.6) is 0 Å². The number of anilines is 1. The first-order valence-electron chi connectivity index (χ1n) is 16.7. The number of benzene rings is 1. The van der Waals surface area contributed by atoms with E-state index in [1.807, 2.05) is 0 Å². The van der Waals surface area contributed by atoms with E-state index in [2.05, 4.69) is 20.3 Å². The van der Waals surface area contributed by atoms with Crippen LogP contribution in [-0.2, 0) is 38.3 Å². The van der Waals surface area contributed by atoms with E-state index in [0.717, 1.165) is 0 Å². The van der Waals surface area contributed by atoms with Gasteiger partial charge in [-0.3, -0.25) is 9.47 Å². The molecule has 1 aromatic carbocycles. The van der Waals surface area contributed by atoms with E-state index in [9.17, 15) is 22.8 Å². The Bertz CT molecular complexity index is 1880. The number of aromatic nitrogens is 4. The van der Waals surface area contributed by atoms with E-state index in [1.54, 1.807) is 62.3 Å². The molecule has 276 valence electrons. The van der Waals surface area contributed by atoms with Gasteiger partial charge in [0, 0.05) is 19.6 Å². The van der Waals surface area contributed by atoms with Crippen molar-refractivity contribution in [3.05, 3.63) is 48.5 Å². The van der Waals surface area contributed by atoms with Gasteiger partial charge >= 0.3 is 18.0 Å². The van der Waals surface area contributed by atoms with E-state index in [-0.39, 0.29) is 43.9 Å². The summed E-state index contributed by atoms with van der Waals surface area (Å²) in [5, 5.41) is 1.68. The third-order valence-electron chi connectivity index (χ3n) is 8.90. The van der Waals surface area contributed by atoms with Crippen LogP contribution in [0.4, 0.5) is 10.6 Å². The molecular weight excluding hydrogens is 686 g/mol. The molecule has 18 heteroatoms. The Morgan fingerprint density at radius 3 is 2.53 bits per heavy atom. The van der Waals surface area contributed by atoms with Gasteiger partial charge in [0.2, 0.25) is 0 Å². The number of alkyl carbamates (subject to hydrolysis) is 1. The van der Waals surface area contributed by atoms with Gasteiger partial charge < -0.3 is 34.7 Å². The highest BCUT2D eigenvalue weighted by molar-refractivity contribution is 7.92. The fourth-order valence-electron chi connectivity index (χ4n) is 6.67. The van der Waals surface area contributed by atoms with Crippen molar-refractivity contribution < 1.29 is 46.5 Å². The zero-order valence-corrected chi connectivity index (χ0v) is 29.9. The number of nitrogens with two attached hydrogens (primary N) is 1. The summed E-state index contributed by atoms with van der Waals surface area (Å²) in [7, 11) is -3.95. The first-order valence-corrected chi connectivity index (χ1v) is 18.4. The summed E-state index contributed by atoms with van der Waals surface area (Å²) in [6.07, 6.45) is -1.02. The number of nitrogen functional groups attached to an aromatic ring is 1. The van der Waals surface area contributed by atoms with E-state index in [1.165, 1.54) is 24.8 Å². The molecule has 3 aromatic rings. The lowest BCUT2D eigenvalue weighted by atomic mass is 10.0. The van der Waals surface area contributed by atoms with Gasteiger partial charge in [0.05, 0.1) is 22.9 Å². The SMILES string of the molecule is CC(C)(C)OC(=O)NCCN1CCC(S(=O)(=O)C[C@H]2O[C@@H](n3cnc4c(N)ncnc43)[C@H]3OC(C)(C)OC23)CC1C(=O)OC(=O)c1ccccc1. The van der Waals surface area contributed by atoms with Gasteiger partial charge in [-0.1, -0.05) is 18.2 Å². The van der Waals surface area contributed by atoms with Crippen molar-refractivity contribution in [3.63, 3.8) is 0 Å². The number of nitrogens with zero attached hydrogens (tertiary/aromatic N) is 5. The number of rotatable bonds is 9. The standard InChI is InChI=1S/C33H43N7O10S/c1-32(2,3)50-31(43)35-12-14-39-13-11-20(15-21(39)30(42)47-29(41)19-9-7-6-8-10-19)51(44,45)16-22-24-25(49-33(4,5)48-24)28(46-22)40-18-38-23-26(34)36-17-37-27(23)40/h6-10,17-18,20-22,24-25,28H,11-16H2,1-5H3,(H,35,43)(H2,34,36,37)/t20?,21?,22-,24?,25+,28-/m1/s1. The molecule has 0 radical (unpaired) electrons. The molecule has 3 saturated heterocycles. The summed E-state index contributed by atoms with van der Waals surface area (Å²) >= 11 is 0. The molecule has 0 aliphatic carbocycles. The molecular formula is C33H43N7O10S. The summed E-state index contributed by atoms with van der Waals surface area (Å²) in [6, 6.07) is 6.93. The number of fused-ring (bicyclic) bond motifs is 2. The molecule has 5 heterocycles. The maximum Gasteiger partial charge on any atom is 0.407 e. The minimum absolute atomic E-state index is 0.107. The zero-order chi connectivity index (χ0) is 36.7. The number of imidazole rings is 1. The molecule has 3 aliphatic rings. The minimum atomic E-state index is -3.95. The summed E-state index contributed by atoms with van der Waals surface area (Å²) in [5.41, 5.74) is 6.22. The smallest absolute Gasteiger partial charge is 0.407 e. The predicted molar refractivity (Wildman–Crippen MR) is 181 cm³/mol. The van der Waals surface area contributed by atoms with Gasteiger partial charge in [0.1, 0.15) is 41.8 Å². The van der Waals surface area contributed by atoms with Gasteiger partial charge in [0.15, 0.2) is 33.3 Å².